The third-order valence-electron chi connectivity index (χ3n) is 7.57. The van der Waals surface area contributed by atoms with Gasteiger partial charge >= 0.3 is 0 Å². The molecule has 6 rings (SSSR count). The van der Waals surface area contributed by atoms with Crippen molar-refractivity contribution in [1.29, 1.82) is 0 Å². The number of benzene rings is 2. The van der Waals surface area contributed by atoms with Crippen molar-refractivity contribution in [3.63, 3.8) is 0 Å². The number of anilines is 2. The van der Waals surface area contributed by atoms with Crippen LogP contribution in [0.3, 0.4) is 0 Å². The van der Waals surface area contributed by atoms with Crippen LogP contribution in [-0.2, 0) is 17.8 Å². The first-order chi connectivity index (χ1) is 19.4. The highest BCUT2D eigenvalue weighted by molar-refractivity contribution is 5.78. The van der Waals surface area contributed by atoms with E-state index < -0.39 is 11.6 Å². The lowest BCUT2D eigenvalue weighted by Gasteiger charge is -2.36. The highest BCUT2D eigenvalue weighted by Crippen LogP contribution is 2.25. The molecule has 2 aromatic heterocycles. The van der Waals surface area contributed by atoms with Gasteiger partial charge in [0, 0.05) is 80.4 Å². The van der Waals surface area contributed by atoms with Crippen LogP contribution in [0, 0.1) is 11.6 Å². The largest absolute Gasteiger partial charge is 0.379 e. The van der Waals surface area contributed by atoms with E-state index in [1.165, 1.54) is 17.7 Å². The zero-order chi connectivity index (χ0) is 27.6. The average molecular weight is 548 g/mol. The van der Waals surface area contributed by atoms with Gasteiger partial charge in [0.15, 0.2) is 0 Å². The Bertz CT molecular complexity index is 1440. The molecule has 4 aromatic rings. The molecule has 40 heavy (non-hydrogen) atoms. The summed E-state index contributed by atoms with van der Waals surface area (Å²) in [5.41, 5.74) is 3.13. The third-order valence-corrected chi connectivity index (χ3v) is 7.57. The summed E-state index contributed by atoms with van der Waals surface area (Å²) in [6.07, 6.45) is 3.47. The average Bonchev–Trinajstić information content (AvgIpc) is 3.35. The summed E-state index contributed by atoms with van der Waals surface area (Å²) in [5.74, 6) is -0.726. The molecule has 2 aromatic carbocycles. The predicted molar refractivity (Wildman–Crippen MR) is 152 cm³/mol. The summed E-state index contributed by atoms with van der Waals surface area (Å²) in [6, 6.07) is 13.8. The number of hydrogen-bond acceptors (Lipinski definition) is 7. The molecule has 2 fully saturated rings. The first-order valence-corrected chi connectivity index (χ1v) is 13.9. The lowest BCUT2D eigenvalue weighted by molar-refractivity contribution is 0.0332. The van der Waals surface area contributed by atoms with Crippen LogP contribution in [0.15, 0.2) is 54.9 Å². The molecule has 2 aliphatic heterocycles. The number of fused-ring (bicyclic) bond motifs is 1. The minimum absolute atomic E-state index is 0.0727. The van der Waals surface area contributed by atoms with E-state index in [-0.39, 0.29) is 12.1 Å². The van der Waals surface area contributed by atoms with E-state index in [4.69, 9.17) is 4.74 Å². The van der Waals surface area contributed by atoms with Gasteiger partial charge in [-0.1, -0.05) is 12.1 Å². The van der Waals surface area contributed by atoms with Crippen LogP contribution in [0.5, 0.6) is 0 Å². The molecule has 8 nitrogen and oxygen atoms in total. The Hall–Kier alpha value is -3.44. The van der Waals surface area contributed by atoms with Gasteiger partial charge < -0.3 is 19.9 Å². The van der Waals surface area contributed by atoms with E-state index >= 15 is 8.78 Å². The zero-order valence-electron chi connectivity index (χ0n) is 22.9. The fraction of sp³-hybridized carbons (Fsp3) is 0.400. The number of halogens is 2. The van der Waals surface area contributed by atoms with Crippen LogP contribution in [0.2, 0.25) is 0 Å². The Morgan fingerprint density at radius 3 is 2.35 bits per heavy atom. The SMILES string of the molecule is CC1CN(Cc2ccc(Nc3ncc4ccn(-c5cc(F)c(CN6CCOCC6)c(F)c5)c4n3)cc2)CC(C)N1. The second-order valence-corrected chi connectivity index (χ2v) is 10.9. The van der Waals surface area contributed by atoms with Crippen LogP contribution >= 0.6 is 0 Å². The van der Waals surface area contributed by atoms with Crippen molar-refractivity contribution in [2.45, 2.75) is 39.0 Å². The highest BCUT2D eigenvalue weighted by atomic mass is 19.1. The number of nitrogens with zero attached hydrogens (tertiary/aromatic N) is 5. The third kappa shape index (κ3) is 6.00. The predicted octanol–water partition coefficient (Wildman–Crippen LogP) is 4.46. The fourth-order valence-electron chi connectivity index (χ4n) is 5.70. The molecule has 0 radical (unpaired) electrons. The summed E-state index contributed by atoms with van der Waals surface area (Å²) >= 11 is 0. The van der Waals surface area contributed by atoms with Crippen molar-refractivity contribution < 1.29 is 13.5 Å². The summed E-state index contributed by atoms with van der Waals surface area (Å²) in [7, 11) is 0. The van der Waals surface area contributed by atoms with Crippen molar-refractivity contribution in [3.05, 3.63) is 77.6 Å². The van der Waals surface area contributed by atoms with Gasteiger partial charge in [-0.15, -0.1) is 0 Å². The minimum atomic E-state index is -0.569. The van der Waals surface area contributed by atoms with E-state index in [0.29, 0.717) is 55.7 Å². The van der Waals surface area contributed by atoms with Crippen molar-refractivity contribution in [2.75, 3.05) is 44.7 Å². The van der Waals surface area contributed by atoms with Gasteiger partial charge in [0.25, 0.3) is 0 Å². The fourth-order valence-corrected chi connectivity index (χ4v) is 5.70. The Kier molecular flexibility index (Phi) is 7.75. The second-order valence-electron chi connectivity index (χ2n) is 10.9. The maximum Gasteiger partial charge on any atom is 0.229 e. The molecular weight excluding hydrogens is 512 g/mol. The number of rotatable bonds is 7. The van der Waals surface area contributed by atoms with Crippen LogP contribution < -0.4 is 10.6 Å². The molecule has 0 saturated carbocycles. The first kappa shape index (κ1) is 26.8. The van der Waals surface area contributed by atoms with Gasteiger partial charge in [-0.3, -0.25) is 9.80 Å². The van der Waals surface area contributed by atoms with Crippen LogP contribution in [0.1, 0.15) is 25.0 Å². The molecule has 2 N–H and O–H groups in total. The van der Waals surface area contributed by atoms with Gasteiger partial charge in [0.05, 0.1) is 18.9 Å². The standard InChI is InChI=1S/C30H35F2N7O/c1-20-16-38(17-21(2)34-20)18-22-3-5-24(6-4-22)35-30-33-15-23-7-8-39(29(23)36-30)25-13-27(31)26(28(32)14-25)19-37-9-11-40-12-10-37/h3-8,13-15,20-21,34H,9-12,16-19H2,1-2H3,(H,33,35,36). The van der Waals surface area contributed by atoms with Gasteiger partial charge in [0.2, 0.25) is 5.95 Å². The van der Waals surface area contributed by atoms with Crippen molar-refractivity contribution in [2.24, 2.45) is 0 Å². The van der Waals surface area contributed by atoms with Crippen molar-refractivity contribution >= 4 is 22.7 Å². The summed E-state index contributed by atoms with van der Waals surface area (Å²) in [6.45, 7) is 10.1. The molecule has 0 bridgehead atoms. The Labute approximate surface area is 233 Å². The molecule has 0 amide bonds. The maximum atomic E-state index is 15.1. The van der Waals surface area contributed by atoms with E-state index in [9.17, 15) is 0 Å². The van der Waals surface area contributed by atoms with E-state index in [2.05, 4.69) is 51.5 Å². The molecule has 0 spiro atoms. The summed E-state index contributed by atoms with van der Waals surface area (Å²) in [5, 5.41) is 7.61. The van der Waals surface area contributed by atoms with Gasteiger partial charge in [-0.25, -0.2) is 13.8 Å². The van der Waals surface area contributed by atoms with Gasteiger partial charge in [0.1, 0.15) is 17.3 Å². The lowest BCUT2D eigenvalue weighted by atomic mass is 10.1. The smallest absolute Gasteiger partial charge is 0.229 e. The number of nitrogens with one attached hydrogen (secondary N) is 2. The molecule has 2 aliphatic rings. The van der Waals surface area contributed by atoms with Crippen LogP contribution in [0.25, 0.3) is 16.7 Å². The topological polar surface area (TPSA) is 70.5 Å². The molecular formula is C30H35F2N7O. The highest BCUT2D eigenvalue weighted by Gasteiger charge is 2.21. The lowest BCUT2D eigenvalue weighted by Crippen LogP contribution is -2.53. The first-order valence-electron chi connectivity index (χ1n) is 13.9. The van der Waals surface area contributed by atoms with E-state index in [1.807, 2.05) is 23.1 Å². The monoisotopic (exact) mass is 547 g/mol. The van der Waals surface area contributed by atoms with E-state index in [0.717, 1.165) is 30.7 Å². The van der Waals surface area contributed by atoms with Crippen LogP contribution in [-0.4, -0.2) is 75.8 Å². The Morgan fingerprint density at radius 1 is 0.950 bits per heavy atom. The van der Waals surface area contributed by atoms with Gasteiger partial charge in [-0.05, 0) is 49.7 Å². The quantitative estimate of drug-likeness (QED) is 0.354. The Balaban J connectivity index is 1.17. The number of ether oxygens (including phenoxy) is 1. The molecule has 4 heterocycles. The van der Waals surface area contributed by atoms with Gasteiger partial charge in [-0.2, -0.15) is 4.98 Å². The zero-order valence-corrected chi connectivity index (χ0v) is 22.9. The molecule has 2 unspecified atom stereocenters. The van der Waals surface area contributed by atoms with Crippen LogP contribution in [0.4, 0.5) is 20.4 Å². The normalized spacial score (nSPS) is 20.7. The van der Waals surface area contributed by atoms with E-state index in [1.54, 1.807) is 17.0 Å². The number of aromatic nitrogens is 3. The second kappa shape index (κ2) is 11.6. The molecule has 0 aliphatic carbocycles. The summed E-state index contributed by atoms with van der Waals surface area (Å²) < 4.78 is 37.2. The molecule has 2 atom stereocenters. The number of morpholine rings is 1. The molecule has 10 heteroatoms. The summed E-state index contributed by atoms with van der Waals surface area (Å²) in [4.78, 5) is 13.6. The number of hydrogen-bond donors (Lipinski definition) is 2. The Morgan fingerprint density at radius 2 is 1.65 bits per heavy atom. The van der Waals surface area contributed by atoms with Crippen molar-refractivity contribution in [3.8, 4) is 5.69 Å². The molecule has 2 saturated heterocycles. The maximum absolute atomic E-state index is 15.1. The number of piperazine rings is 1. The van der Waals surface area contributed by atoms with Crippen molar-refractivity contribution in [1.82, 2.24) is 29.7 Å². The minimum Gasteiger partial charge on any atom is -0.379 e. The molecule has 210 valence electrons.